The van der Waals surface area contributed by atoms with Gasteiger partial charge in [0.2, 0.25) is 11.8 Å². The molecule has 0 unspecified atom stereocenters. The van der Waals surface area contributed by atoms with Gasteiger partial charge in [-0.2, -0.15) is 0 Å². The molecule has 1 heterocycles. The number of carbonyl (C=O) groups is 2. The fraction of sp³-hybridized carbons (Fsp3) is 0.412. The minimum atomic E-state index is -0.123. The highest BCUT2D eigenvalue weighted by atomic mass is 79.9. The highest BCUT2D eigenvalue weighted by molar-refractivity contribution is 9.10. The monoisotopic (exact) mass is 343 g/mol. The fourth-order valence-corrected chi connectivity index (χ4v) is 5.41. The van der Waals surface area contributed by atoms with Crippen molar-refractivity contribution in [3.8, 4) is 0 Å². The number of nitrogens with zero attached hydrogens (tertiary/aromatic N) is 1. The predicted octanol–water partition coefficient (Wildman–Crippen LogP) is 3.15. The Bertz CT molecular complexity index is 687. The van der Waals surface area contributed by atoms with Crippen molar-refractivity contribution in [2.75, 3.05) is 4.90 Å². The molecule has 5 rings (SSSR count). The first-order chi connectivity index (χ1) is 10.1. The standard InChI is InChI=1S/C17H14BrNO2/c18-11-3-1-2-4-12(11)19-15(20)13-9-5-6-10(14(13)16(19)21)17(9)7-8-17/h1-6,9-10,13-14H,7-8H2/t9-,10-,13-,14+/m0/s1. The lowest BCUT2D eigenvalue weighted by Crippen LogP contribution is -2.34. The van der Waals surface area contributed by atoms with Gasteiger partial charge in [0.15, 0.2) is 0 Å². The van der Waals surface area contributed by atoms with Crippen LogP contribution in [0.2, 0.25) is 0 Å². The van der Waals surface area contributed by atoms with E-state index in [1.165, 1.54) is 17.7 Å². The third kappa shape index (κ3) is 1.26. The molecule has 0 radical (unpaired) electrons. The number of benzene rings is 1. The van der Waals surface area contributed by atoms with Crippen LogP contribution in [0.3, 0.4) is 0 Å². The molecule has 2 bridgehead atoms. The second-order valence-electron chi connectivity index (χ2n) is 6.68. The van der Waals surface area contributed by atoms with Crippen LogP contribution in [-0.2, 0) is 9.59 Å². The van der Waals surface area contributed by atoms with Gasteiger partial charge in [0, 0.05) is 4.47 Å². The molecule has 21 heavy (non-hydrogen) atoms. The van der Waals surface area contributed by atoms with Crippen molar-refractivity contribution in [1.82, 2.24) is 0 Å². The van der Waals surface area contributed by atoms with Crippen LogP contribution in [0.25, 0.3) is 0 Å². The molecule has 2 amide bonds. The maximum atomic E-state index is 12.9. The summed E-state index contributed by atoms with van der Waals surface area (Å²) >= 11 is 3.46. The van der Waals surface area contributed by atoms with Crippen molar-refractivity contribution in [3.63, 3.8) is 0 Å². The number of halogens is 1. The number of imide groups is 1. The van der Waals surface area contributed by atoms with E-state index in [1.54, 1.807) is 0 Å². The molecule has 0 N–H and O–H groups in total. The maximum Gasteiger partial charge on any atom is 0.238 e. The van der Waals surface area contributed by atoms with Crippen LogP contribution in [0.5, 0.6) is 0 Å². The average Bonchev–Trinajstić information content (AvgIpc) is 3.07. The molecule has 1 aromatic rings. The van der Waals surface area contributed by atoms with E-state index in [0.717, 1.165) is 4.47 Å². The molecule has 1 aliphatic heterocycles. The molecule has 4 aliphatic rings. The number of carbonyl (C=O) groups excluding carboxylic acids is 2. The Morgan fingerprint density at radius 2 is 1.57 bits per heavy atom. The van der Waals surface area contributed by atoms with E-state index in [1.807, 2.05) is 24.3 Å². The molecular weight excluding hydrogens is 330 g/mol. The van der Waals surface area contributed by atoms with Crippen LogP contribution in [0, 0.1) is 29.1 Å². The van der Waals surface area contributed by atoms with E-state index >= 15 is 0 Å². The second-order valence-corrected chi connectivity index (χ2v) is 7.54. The van der Waals surface area contributed by atoms with Gasteiger partial charge < -0.3 is 0 Å². The Hall–Kier alpha value is -1.42. The minimum absolute atomic E-state index is 0.0000231. The maximum absolute atomic E-state index is 12.9. The smallest absolute Gasteiger partial charge is 0.238 e. The SMILES string of the molecule is O=C1[C@@H]2[C@H](C(=O)N1c1ccccc1Br)[C@@H]1C=C[C@@H]2C12CC2. The first-order valence-corrected chi connectivity index (χ1v) is 8.25. The van der Waals surface area contributed by atoms with Crippen molar-refractivity contribution in [1.29, 1.82) is 0 Å². The lowest BCUT2D eigenvalue weighted by molar-refractivity contribution is -0.123. The molecule has 3 fully saturated rings. The molecule has 3 nitrogen and oxygen atoms in total. The first kappa shape index (κ1) is 12.2. The Morgan fingerprint density at radius 3 is 2.10 bits per heavy atom. The first-order valence-electron chi connectivity index (χ1n) is 7.46. The summed E-state index contributed by atoms with van der Waals surface area (Å²) in [7, 11) is 0. The molecule has 4 heteroatoms. The van der Waals surface area contributed by atoms with E-state index in [4.69, 9.17) is 0 Å². The van der Waals surface area contributed by atoms with Crippen LogP contribution in [0.15, 0.2) is 40.9 Å². The molecule has 1 spiro atoms. The quantitative estimate of drug-likeness (QED) is 0.580. The summed E-state index contributed by atoms with van der Waals surface area (Å²) in [5.74, 6) is 0.331. The second kappa shape index (κ2) is 3.67. The zero-order valence-electron chi connectivity index (χ0n) is 11.3. The number of amides is 2. The van der Waals surface area contributed by atoms with Crippen LogP contribution >= 0.6 is 15.9 Å². The number of hydrogen-bond donors (Lipinski definition) is 0. The van der Waals surface area contributed by atoms with Crippen LogP contribution in [0.4, 0.5) is 5.69 Å². The summed E-state index contributed by atoms with van der Waals surface area (Å²) in [6, 6.07) is 7.47. The third-order valence-electron chi connectivity index (χ3n) is 5.95. The Kier molecular flexibility index (Phi) is 2.12. The van der Waals surface area contributed by atoms with Gasteiger partial charge in [-0.15, -0.1) is 0 Å². The van der Waals surface area contributed by atoms with Crippen molar-refractivity contribution >= 4 is 33.4 Å². The lowest BCUT2D eigenvalue weighted by atomic mass is 9.85. The van der Waals surface area contributed by atoms with Crippen LogP contribution in [-0.4, -0.2) is 11.8 Å². The van der Waals surface area contributed by atoms with Gasteiger partial charge in [0.25, 0.3) is 0 Å². The molecule has 0 aromatic heterocycles. The molecular formula is C17H14BrNO2. The number of allylic oxidation sites excluding steroid dienone is 2. The van der Waals surface area contributed by atoms with E-state index in [-0.39, 0.29) is 40.9 Å². The van der Waals surface area contributed by atoms with E-state index < -0.39 is 0 Å². The number of fused-ring (bicyclic) bond motifs is 3. The van der Waals surface area contributed by atoms with Crippen LogP contribution < -0.4 is 4.90 Å². The summed E-state index contributed by atoms with van der Waals surface area (Å²) in [6.45, 7) is 0. The zero-order valence-corrected chi connectivity index (χ0v) is 12.9. The van der Waals surface area contributed by atoms with Gasteiger partial charge in [-0.05, 0) is 58.2 Å². The molecule has 106 valence electrons. The van der Waals surface area contributed by atoms with Crippen LogP contribution in [0.1, 0.15) is 12.8 Å². The van der Waals surface area contributed by atoms with Gasteiger partial charge in [0.1, 0.15) is 0 Å². The Balaban J connectivity index is 1.61. The summed E-state index contributed by atoms with van der Waals surface area (Å²) < 4.78 is 0.799. The minimum Gasteiger partial charge on any atom is -0.274 e. The van der Waals surface area contributed by atoms with Crippen molar-refractivity contribution < 1.29 is 9.59 Å². The summed E-state index contributed by atoms with van der Waals surface area (Å²) in [4.78, 5) is 27.2. The van der Waals surface area contributed by atoms with Crippen molar-refractivity contribution in [3.05, 3.63) is 40.9 Å². The van der Waals surface area contributed by atoms with Gasteiger partial charge in [-0.1, -0.05) is 24.3 Å². The number of para-hydroxylation sites is 1. The van der Waals surface area contributed by atoms with Gasteiger partial charge >= 0.3 is 0 Å². The highest BCUT2D eigenvalue weighted by Gasteiger charge is 2.73. The molecule has 1 saturated heterocycles. The number of rotatable bonds is 1. The van der Waals surface area contributed by atoms with Crippen molar-refractivity contribution in [2.24, 2.45) is 29.1 Å². The van der Waals surface area contributed by atoms with Gasteiger partial charge in [-0.25, -0.2) is 4.90 Å². The molecule has 4 atom stereocenters. The summed E-state index contributed by atoms with van der Waals surface area (Å²) in [5, 5.41) is 0. The molecule has 3 aliphatic carbocycles. The normalized spacial score (nSPS) is 37.7. The zero-order chi connectivity index (χ0) is 14.4. The van der Waals surface area contributed by atoms with Gasteiger partial charge in [0.05, 0.1) is 17.5 Å². The largest absolute Gasteiger partial charge is 0.274 e. The fourth-order valence-electron chi connectivity index (χ4n) is 4.95. The van der Waals surface area contributed by atoms with Crippen molar-refractivity contribution in [2.45, 2.75) is 12.8 Å². The lowest BCUT2D eigenvalue weighted by Gasteiger charge is -2.22. The van der Waals surface area contributed by atoms with Gasteiger partial charge in [-0.3, -0.25) is 9.59 Å². The predicted molar refractivity (Wildman–Crippen MR) is 81.4 cm³/mol. The number of hydrogen-bond acceptors (Lipinski definition) is 2. The van der Waals surface area contributed by atoms with E-state index in [9.17, 15) is 9.59 Å². The molecule has 2 saturated carbocycles. The average molecular weight is 344 g/mol. The Labute approximate surface area is 131 Å². The van der Waals surface area contributed by atoms with E-state index in [2.05, 4.69) is 28.1 Å². The third-order valence-corrected chi connectivity index (χ3v) is 6.62. The topological polar surface area (TPSA) is 37.4 Å². The highest BCUT2D eigenvalue weighted by Crippen LogP contribution is 2.73. The Morgan fingerprint density at radius 1 is 1.00 bits per heavy atom. The summed E-state index contributed by atoms with van der Waals surface area (Å²) in [6.07, 6.45) is 6.76. The molecule has 1 aromatic carbocycles. The van der Waals surface area contributed by atoms with E-state index in [0.29, 0.717) is 5.69 Å². The number of anilines is 1. The summed E-state index contributed by atoms with van der Waals surface area (Å²) in [5.41, 5.74) is 0.951.